The normalized spacial score (nSPS) is 11.0. The summed E-state index contributed by atoms with van der Waals surface area (Å²) in [5.74, 6) is -1.20. The number of phenolic OH excluding ortho intramolecular Hbond substituents is 1. The lowest BCUT2D eigenvalue weighted by Crippen LogP contribution is -2.27. The summed E-state index contributed by atoms with van der Waals surface area (Å²) in [7, 11) is -4.00. The van der Waals surface area contributed by atoms with E-state index in [1.165, 1.54) is 30.5 Å². The summed E-state index contributed by atoms with van der Waals surface area (Å²) in [6.45, 7) is 0.0143. The van der Waals surface area contributed by atoms with Crippen molar-refractivity contribution in [3.63, 3.8) is 0 Å². The number of nitrogens with one attached hydrogen (secondary N) is 3. The molecule has 3 rings (SSSR count). The third-order valence-corrected chi connectivity index (χ3v) is 5.63. The summed E-state index contributed by atoms with van der Waals surface area (Å²) in [4.78, 5) is 23.7. The topological polar surface area (TPSA) is 138 Å². The Morgan fingerprint density at radius 1 is 1.06 bits per heavy atom. The number of furan rings is 1. The number of phenols is 1. The second kappa shape index (κ2) is 9.54. The van der Waals surface area contributed by atoms with E-state index in [0.29, 0.717) is 5.02 Å². The Morgan fingerprint density at radius 3 is 2.58 bits per heavy atom. The maximum Gasteiger partial charge on any atom is 0.286 e. The maximum absolute atomic E-state index is 12.6. The molecular formula is C20H18ClN3O6S. The molecule has 9 nitrogen and oxygen atoms in total. The van der Waals surface area contributed by atoms with E-state index >= 15 is 0 Å². The number of carbonyl (C=O) groups is 2. The van der Waals surface area contributed by atoms with Crippen molar-refractivity contribution in [3.8, 4) is 5.75 Å². The summed E-state index contributed by atoms with van der Waals surface area (Å²) in [6.07, 6.45) is 1.25. The Hall–Kier alpha value is -3.50. The molecule has 4 N–H and O–H groups in total. The van der Waals surface area contributed by atoms with Gasteiger partial charge in [-0.15, -0.1) is 0 Å². The molecule has 3 aromatic rings. The Labute approximate surface area is 183 Å². The maximum atomic E-state index is 12.6. The number of amides is 2. The van der Waals surface area contributed by atoms with E-state index in [0.717, 1.165) is 12.1 Å². The minimum absolute atomic E-state index is 0.0143. The second-order valence-corrected chi connectivity index (χ2v) is 8.45. The number of anilines is 2. The SMILES string of the molecule is O=C(CCNC(=O)c1ccco1)Nc1cc(S(=O)(=O)Nc2cccc(Cl)c2)ccc1O. The van der Waals surface area contributed by atoms with E-state index in [1.807, 2.05) is 0 Å². The van der Waals surface area contributed by atoms with E-state index in [1.54, 1.807) is 18.2 Å². The summed E-state index contributed by atoms with van der Waals surface area (Å²) in [6, 6.07) is 12.7. The van der Waals surface area contributed by atoms with Crippen LogP contribution in [0.3, 0.4) is 0 Å². The minimum atomic E-state index is -4.00. The molecule has 0 radical (unpaired) electrons. The quantitative estimate of drug-likeness (QED) is 0.378. The minimum Gasteiger partial charge on any atom is -0.506 e. The molecule has 0 unspecified atom stereocenters. The smallest absolute Gasteiger partial charge is 0.286 e. The van der Waals surface area contributed by atoms with Crippen LogP contribution in [0.1, 0.15) is 17.0 Å². The second-order valence-electron chi connectivity index (χ2n) is 6.33. The highest BCUT2D eigenvalue weighted by molar-refractivity contribution is 7.92. The molecule has 0 aliphatic rings. The number of rotatable bonds is 8. The predicted octanol–water partition coefficient (Wildman–Crippen LogP) is 3.20. The zero-order valence-electron chi connectivity index (χ0n) is 16.0. The van der Waals surface area contributed by atoms with Crippen LogP contribution in [0.2, 0.25) is 5.02 Å². The molecular weight excluding hydrogens is 446 g/mol. The molecule has 162 valence electrons. The van der Waals surface area contributed by atoms with Crippen LogP contribution in [-0.4, -0.2) is 31.9 Å². The van der Waals surface area contributed by atoms with E-state index in [4.69, 9.17) is 16.0 Å². The number of hydrogen-bond donors (Lipinski definition) is 4. The van der Waals surface area contributed by atoms with Gasteiger partial charge in [0.05, 0.1) is 22.5 Å². The molecule has 2 amide bonds. The van der Waals surface area contributed by atoms with Gasteiger partial charge in [0.15, 0.2) is 5.76 Å². The molecule has 0 fully saturated rings. The first-order valence-corrected chi connectivity index (χ1v) is 10.8. The van der Waals surface area contributed by atoms with Gasteiger partial charge < -0.3 is 20.2 Å². The highest BCUT2D eigenvalue weighted by Crippen LogP contribution is 2.28. The van der Waals surface area contributed by atoms with E-state index in [2.05, 4.69) is 15.4 Å². The molecule has 0 aliphatic carbocycles. The Balaban J connectivity index is 1.63. The van der Waals surface area contributed by atoms with Gasteiger partial charge in [-0.3, -0.25) is 14.3 Å². The number of hydrogen-bond acceptors (Lipinski definition) is 6. The fourth-order valence-corrected chi connectivity index (χ4v) is 3.81. The molecule has 0 aliphatic heterocycles. The van der Waals surface area contributed by atoms with Crippen molar-refractivity contribution in [1.82, 2.24) is 5.32 Å². The van der Waals surface area contributed by atoms with Gasteiger partial charge in [-0.1, -0.05) is 17.7 Å². The fourth-order valence-electron chi connectivity index (χ4n) is 2.55. The third kappa shape index (κ3) is 6.00. The molecule has 1 aromatic heterocycles. The van der Waals surface area contributed by atoms with E-state index < -0.39 is 21.8 Å². The largest absolute Gasteiger partial charge is 0.506 e. The van der Waals surface area contributed by atoms with Crippen LogP contribution in [0, 0.1) is 0 Å². The number of carbonyl (C=O) groups excluding carboxylic acids is 2. The van der Waals surface area contributed by atoms with Gasteiger partial charge in [-0.2, -0.15) is 0 Å². The van der Waals surface area contributed by atoms with Gasteiger partial charge in [0, 0.05) is 18.0 Å². The molecule has 0 saturated carbocycles. The molecule has 0 bridgehead atoms. The van der Waals surface area contributed by atoms with Crippen LogP contribution >= 0.6 is 11.6 Å². The highest BCUT2D eigenvalue weighted by Gasteiger charge is 2.18. The summed E-state index contributed by atoms with van der Waals surface area (Å²) in [5, 5.41) is 15.3. The third-order valence-electron chi connectivity index (χ3n) is 4.01. The monoisotopic (exact) mass is 463 g/mol. The zero-order chi connectivity index (χ0) is 22.4. The van der Waals surface area contributed by atoms with Gasteiger partial charge in [0.2, 0.25) is 5.91 Å². The molecule has 1 heterocycles. The summed E-state index contributed by atoms with van der Waals surface area (Å²) >= 11 is 5.87. The van der Waals surface area contributed by atoms with Crippen molar-refractivity contribution < 1.29 is 27.5 Å². The first-order chi connectivity index (χ1) is 14.7. The first-order valence-electron chi connectivity index (χ1n) is 8.97. The van der Waals surface area contributed by atoms with Crippen LogP contribution in [0.5, 0.6) is 5.75 Å². The van der Waals surface area contributed by atoms with Crippen molar-refractivity contribution in [2.75, 3.05) is 16.6 Å². The molecule has 11 heteroatoms. The standard InChI is InChI=1S/C20H18ClN3O6S/c21-13-3-1-4-14(11-13)24-31(28,29)15-6-7-17(25)16(12-15)23-19(26)8-9-22-20(27)18-5-2-10-30-18/h1-7,10-12,24-25H,8-9H2,(H,22,27)(H,23,26). The van der Waals surface area contributed by atoms with Gasteiger partial charge in [0.1, 0.15) is 5.75 Å². The van der Waals surface area contributed by atoms with Crippen molar-refractivity contribution in [1.29, 1.82) is 0 Å². The lowest BCUT2D eigenvalue weighted by molar-refractivity contribution is -0.116. The van der Waals surface area contributed by atoms with Crippen LogP contribution in [-0.2, 0) is 14.8 Å². The Morgan fingerprint density at radius 2 is 1.87 bits per heavy atom. The van der Waals surface area contributed by atoms with Crippen LogP contribution in [0.15, 0.2) is 70.2 Å². The summed E-state index contributed by atoms with van der Waals surface area (Å²) in [5.41, 5.74) is 0.176. The van der Waals surface area contributed by atoms with Gasteiger partial charge in [-0.25, -0.2) is 8.42 Å². The molecule has 31 heavy (non-hydrogen) atoms. The lowest BCUT2D eigenvalue weighted by atomic mass is 10.2. The van der Waals surface area contributed by atoms with Crippen molar-refractivity contribution >= 4 is 44.8 Å². The van der Waals surface area contributed by atoms with Crippen molar-refractivity contribution in [3.05, 3.63) is 71.6 Å². The molecule has 2 aromatic carbocycles. The fraction of sp³-hybridized carbons (Fsp3) is 0.100. The van der Waals surface area contributed by atoms with Gasteiger partial charge >= 0.3 is 0 Å². The molecule has 0 saturated heterocycles. The number of benzene rings is 2. The van der Waals surface area contributed by atoms with E-state index in [9.17, 15) is 23.1 Å². The van der Waals surface area contributed by atoms with Crippen molar-refractivity contribution in [2.24, 2.45) is 0 Å². The van der Waals surface area contributed by atoms with E-state index in [-0.39, 0.29) is 40.7 Å². The van der Waals surface area contributed by atoms with Gasteiger partial charge in [-0.05, 0) is 48.5 Å². The summed E-state index contributed by atoms with van der Waals surface area (Å²) < 4.78 is 32.5. The average molecular weight is 464 g/mol. The molecule has 0 spiro atoms. The highest BCUT2D eigenvalue weighted by atomic mass is 35.5. The Kier molecular flexibility index (Phi) is 6.83. The predicted molar refractivity (Wildman–Crippen MR) is 115 cm³/mol. The first kappa shape index (κ1) is 22.2. The lowest BCUT2D eigenvalue weighted by Gasteiger charge is -2.12. The molecule has 0 atom stereocenters. The van der Waals surface area contributed by atoms with Crippen molar-refractivity contribution in [2.45, 2.75) is 11.3 Å². The number of sulfonamides is 1. The number of halogens is 1. The van der Waals surface area contributed by atoms with Crippen LogP contribution in [0.4, 0.5) is 11.4 Å². The number of aromatic hydroxyl groups is 1. The van der Waals surface area contributed by atoms with Crippen LogP contribution in [0.25, 0.3) is 0 Å². The zero-order valence-corrected chi connectivity index (χ0v) is 17.5. The van der Waals surface area contributed by atoms with Gasteiger partial charge in [0.25, 0.3) is 15.9 Å². The van der Waals surface area contributed by atoms with Crippen LogP contribution < -0.4 is 15.4 Å². The Bertz CT molecular complexity index is 1200. The average Bonchev–Trinajstić information content (AvgIpc) is 3.24.